The number of hydrogen-bond acceptors (Lipinski definition) is 3. The van der Waals surface area contributed by atoms with Gasteiger partial charge in [0.25, 0.3) is 0 Å². The van der Waals surface area contributed by atoms with Gasteiger partial charge in [-0.25, -0.2) is 4.79 Å². The molecule has 0 bridgehead atoms. The Labute approximate surface area is 128 Å². The predicted molar refractivity (Wildman–Crippen MR) is 84.2 cm³/mol. The van der Waals surface area contributed by atoms with Crippen LogP contribution in [-0.4, -0.2) is 23.0 Å². The molecule has 1 fully saturated rings. The number of amides is 1. The normalized spacial score (nSPS) is 17.8. The van der Waals surface area contributed by atoms with Crippen molar-refractivity contribution in [3.63, 3.8) is 0 Å². The van der Waals surface area contributed by atoms with Crippen molar-refractivity contribution in [1.29, 1.82) is 0 Å². The third-order valence-corrected chi connectivity index (χ3v) is 4.96. The molecule has 0 spiro atoms. The van der Waals surface area contributed by atoms with Crippen molar-refractivity contribution in [2.45, 2.75) is 45.1 Å². The van der Waals surface area contributed by atoms with E-state index in [1.807, 2.05) is 18.4 Å². The third-order valence-electron chi connectivity index (χ3n) is 3.97. The summed E-state index contributed by atoms with van der Waals surface area (Å²) >= 11 is 1.56. The third kappa shape index (κ3) is 4.43. The Morgan fingerprint density at radius 1 is 1.38 bits per heavy atom. The van der Waals surface area contributed by atoms with Gasteiger partial charge in [0.1, 0.15) is 6.04 Å². The molecule has 1 unspecified atom stereocenters. The molecule has 1 amide bonds. The van der Waals surface area contributed by atoms with Crippen LogP contribution in [0.3, 0.4) is 0 Å². The second-order valence-electron chi connectivity index (χ2n) is 5.52. The fourth-order valence-corrected chi connectivity index (χ4v) is 3.58. The molecule has 1 aliphatic rings. The Kier molecular flexibility index (Phi) is 5.56. The minimum absolute atomic E-state index is 0.0528. The lowest BCUT2D eigenvalue weighted by atomic mass is 9.84. The van der Waals surface area contributed by atoms with E-state index in [4.69, 9.17) is 0 Å². The number of carbonyl (C=O) groups is 2. The molecule has 1 aromatic heterocycles. The molecule has 1 heterocycles. The first kappa shape index (κ1) is 15.8. The number of rotatable bonds is 5. The molecule has 1 aromatic rings. The van der Waals surface area contributed by atoms with Crippen LogP contribution < -0.4 is 5.32 Å². The monoisotopic (exact) mass is 307 g/mol. The standard InChI is InChI=1S/C16H21NO3S/c1-11-9-10-21-13(11)7-8-14(18)17-15(16(19)20)12-5-3-2-4-6-12/h7-10,12,15H,2-6H2,1H3,(H,17,18)(H,19,20)/b8-7+. The number of carboxylic acids is 1. The number of thiophene rings is 1. The molecule has 1 atom stereocenters. The number of aryl methyl sites for hydroxylation is 1. The van der Waals surface area contributed by atoms with Gasteiger partial charge in [-0.1, -0.05) is 19.3 Å². The molecular weight excluding hydrogens is 286 g/mol. The average Bonchev–Trinajstić information content (AvgIpc) is 2.88. The van der Waals surface area contributed by atoms with Crippen molar-refractivity contribution in [2.75, 3.05) is 0 Å². The highest BCUT2D eigenvalue weighted by atomic mass is 32.1. The van der Waals surface area contributed by atoms with Gasteiger partial charge in [-0.3, -0.25) is 4.79 Å². The Morgan fingerprint density at radius 3 is 2.67 bits per heavy atom. The molecule has 21 heavy (non-hydrogen) atoms. The van der Waals surface area contributed by atoms with Crippen molar-refractivity contribution in [2.24, 2.45) is 5.92 Å². The summed E-state index contributed by atoms with van der Waals surface area (Å²) in [5, 5.41) is 13.9. The highest BCUT2D eigenvalue weighted by Crippen LogP contribution is 2.26. The van der Waals surface area contributed by atoms with Gasteiger partial charge in [-0.15, -0.1) is 11.3 Å². The number of nitrogens with one attached hydrogen (secondary N) is 1. The smallest absolute Gasteiger partial charge is 0.326 e. The van der Waals surface area contributed by atoms with E-state index in [1.54, 1.807) is 17.4 Å². The van der Waals surface area contributed by atoms with E-state index >= 15 is 0 Å². The second-order valence-corrected chi connectivity index (χ2v) is 6.47. The Balaban J connectivity index is 1.96. The van der Waals surface area contributed by atoms with E-state index in [0.717, 1.165) is 42.5 Å². The van der Waals surface area contributed by atoms with Crippen molar-refractivity contribution < 1.29 is 14.7 Å². The summed E-state index contributed by atoms with van der Waals surface area (Å²) in [6.07, 6.45) is 8.19. The van der Waals surface area contributed by atoms with Gasteiger partial charge < -0.3 is 10.4 Å². The van der Waals surface area contributed by atoms with E-state index in [9.17, 15) is 14.7 Å². The van der Waals surface area contributed by atoms with Gasteiger partial charge in [0.15, 0.2) is 0 Å². The van der Waals surface area contributed by atoms with E-state index in [2.05, 4.69) is 5.32 Å². The first-order valence-corrected chi connectivity index (χ1v) is 8.21. The molecule has 1 saturated carbocycles. The fourth-order valence-electron chi connectivity index (χ4n) is 2.76. The molecule has 2 rings (SSSR count). The first-order valence-electron chi connectivity index (χ1n) is 7.33. The highest BCUT2D eigenvalue weighted by Gasteiger charge is 2.30. The summed E-state index contributed by atoms with van der Waals surface area (Å²) < 4.78 is 0. The van der Waals surface area contributed by atoms with E-state index in [1.165, 1.54) is 6.08 Å². The quantitative estimate of drug-likeness (QED) is 0.821. The first-order chi connectivity index (χ1) is 10.1. The summed E-state index contributed by atoms with van der Waals surface area (Å²) in [5.41, 5.74) is 1.12. The largest absolute Gasteiger partial charge is 0.480 e. The fraction of sp³-hybridized carbons (Fsp3) is 0.500. The van der Waals surface area contributed by atoms with Gasteiger partial charge >= 0.3 is 5.97 Å². The molecule has 1 aliphatic carbocycles. The predicted octanol–water partition coefficient (Wildman–Crippen LogP) is 3.22. The zero-order chi connectivity index (χ0) is 15.2. The number of hydrogen-bond donors (Lipinski definition) is 2. The summed E-state index contributed by atoms with van der Waals surface area (Å²) in [7, 11) is 0. The SMILES string of the molecule is Cc1ccsc1/C=C/C(=O)NC(C(=O)O)C1CCCCC1. The van der Waals surface area contributed by atoms with E-state index < -0.39 is 12.0 Å². The second kappa shape index (κ2) is 7.41. The van der Waals surface area contributed by atoms with Gasteiger partial charge in [0.2, 0.25) is 5.91 Å². The van der Waals surface area contributed by atoms with Crippen LogP contribution in [0.5, 0.6) is 0 Å². The molecule has 5 heteroatoms. The average molecular weight is 307 g/mol. The van der Waals surface area contributed by atoms with Crippen LogP contribution in [0.1, 0.15) is 42.5 Å². The van der Waals surface area contributed by atoms with Crippen LogP contribution in [0, 0.1) is 12.8 Å². The topological polar surface area (TPSA) is 66.4 Å². The zero-order valence-corrected chi connectivity index (χ0v) is 13.0. The number of aliphatic carboxylic acids is 1. The lowest BCUT2D eigenvalue weighted by Gasteiger charge is -2.27. The van der Waals surface area contributed by atoms with Crippen molar-refractivity contribution in [1.82, 2.24) is 5.32 Å². The van der Waals surface area contributed by atoms with Gasteiger partial charge in [-0.05, 0) is 48.8 Å². The molecule has 0 saturated heterocycles. The highest BCUT2D eigenvalue weighted by molar-refractivity contribution is 7.11. The van der Waals surface area contributed by atoms with E-state index in [-0.39, 0.29) is 11.8 Å². The minimum atomic E-state index is -0.934. The Morgan fingerprint density at radius 2 is 2.10 bits per heavy atom. The van der Waals surface area contributed by atoms with Gasteiger partial charge in [0, 0.05) is 11.0 Å². The summed E-state index contributed by atoms with van der Waals surface area (Å²) in [6.45, 7) is 1.98. The lowest BCUT2D eigenvalue weighted by molar-refractivity contribution is -0.143. The van der Waals surface area contributed by atoms with Crippen LogP contribution in [0.4, 0.5) is 0 Å². The van der Waals surface area contributed by atoms with Gasteiger partial charge in [0.05, 0.1) is 0 Å². The van der Waals surface area contributed by atoms with Gasteiger partial charge in [-0.2, -0.15) is 0 Å². The summed E-state index contributed by atoms with van der Waals surface area (Å²) in [6, 6.07) is 1.22. The van der Waals surface area contributed by atoms with Crippen LogP contribution in [0.15, 0.2) is 17.5 Å². The molecule has 0 radical (unpaired) electrons. The maximum Gasteiger partial charge on any atom is 0.326 e. The number of carboxylic acid groups (broad SMARTS) is 1. The van der Waals surface area contributed by atoms with Crippen molar-refractivity contribution in [3.05, 3.63) is 28.0 Å². The number of carbonyl (C=O) groups excluding carboxylic acids is 1. The van der Waals surface area contributed by atoms with E-state index in [0.29, 0.717) is 0 Å². The van der Waals surface area contributed by atoms with Crippen molar-refractivity contribution in [3.8, 4) is 0 Å². The molecule has 0 aliphatic heterocycles. The molecule has 0 aromatic carbocycles. The maximum absolute atomic E-state index is 12.0. The Bertz CT molecular complexity index is 529. The summed E-state index contributed by atoms with van der Waals surface area (Å²) in [5.74, 6) is -1.21. The lowest BCUT2D eigenvalue weighted by Crippen LogP contribution is -2.46. The van der Waals surface area contributed by atoms with Crippen LogP contribution in [0.25, 0.3) is 6.08 Å². The Hall–Kier alpha value is -1.62. The molecule has 114 valence electrons. The zero-order valence-electron chi connectivity index (χ0n) is 12.2. The van der Waals surface area contributed by atoms with Crippen LogP contribution >= 0.6 is 11.3 Å². The molecule has 2 N–H and O–H groups in total. The van der Waals surface area contributed by atoms with Crippen molar-refractivity contribution >= 4 is 29.3 Å². The van der Waals surface area contributed by atoms with Crippen LogP contribution in [-0.2, 0) is 9.59 Å². The minimum Gasteiger partial charge on any atom is -0.480 e. The van der Waals surface area contributed by atoms with Crippen LogP contribution in [0.2, 0.25) is 0 Å². The maximum atomic E-state index is 12.0. The molecule has 4 nitrogen and oxygen atoms in total. The molecular formula is C16H21NO3S. The summed E-state index contributed by atoms with van der Waals surface area (Å²) in [4.78, 5) is 24.4.